The lowest BCUT2D eigenvalue weighted by Gasteiger charge is -1.93. The number of hydrogen-bond acceptors (Lipinski definition) is 3. The van der Waals surface area contributed by atoms with Gasteiger partial charge >= 0.3 is 5.71 Å². The molecule has 1 aliphatic heterocycles. The second-order valence-electron chi connectivity index (χ2n) is 5.09. The molecule has 0 radical (unpaired) electrons. The number of aryl methyl sites for hydroxylation is 1. The van der Waals surface area contributed by atoms with Gasteiger partial charge in [-0.05, 0) is 18.2 Å². The molecule has 0 saturated carbocycles. The molecule has 20 heavy (non-hydrogen) atoms. The summed E-state index contributed by atoms with van der Waals surface area (Å²) in [6, 6.07) is 6.10. The van der Waals surface area contributed by atoms with Crippen LogP contribution in [0, 0.1) is 0 Å². The van der Waals surface area contributed by atoms with Crippen LogP contribution in [0.3, 0.4) is 0 Å². The molecule has 5 heteroatoms. The van der Waals surface area contributed by atoms with Gasteiger partial charge in [-0.3, -0.25) is 9.97 Å². The lowest BCUT2D eigenvalue weighted by Crippen LogP contribution is -2.29. The monoisotopic (exact) mass is 263 g/mol. The van der Waals surface area contributed by atoms with Gasteiger partial charge in [-0.1, -0.05) is 0 Å². The Morgan fingerprint density at radius 3 is 3.20 bits per heavy atom. The molecule has 0 saturated heterocycles. The fraction of sp³-hybridized carbons (Fsp3) is 0.133. The van der Waals surface area contributed by atoms with E-state index in [-0.39, 0.29) is 0 Å². The highest BCUT2D eigenvalue weighted by Gasteiger charge is 2.36. The molecular formula is C15H11N4O+. The van der Waals surface area contributed by atoms with Crippen molar-refractivity contribution in [1.82, 2.24) is 14.5 Å². The van der Waals surface area contributed by atoms with Crippen molar-refractivity contribution in [2.24, 2.45) is 7.05 Å². The van der Waals surface area contributed by atoms with Crippen LogP contribution in [0.15, 0.2) is 41.2 Å². The van der Waals surface area contributed by atoms with Gasteiger partial charge in [0.1, 0.15) is 6.54 Å². The van der Waals surface area contributed by atoms with E-state index in [1.54, 1.807) is 12.4 Å². The summed E-state index contributed by atoms with van der Waals surface area (Å²) in [6.07, 6.45) is 5.42. The van der Waals surface area contributed by atoms with Gasteiger partial charge < -0.3 is 4.42 Å². The van der Waals surface area contributed by atoms with Crippen LogP contribution in [-0.2, 0) is 13.6 Å². The van der Waals surface area contributed by atoms with E-state index < -0.39 is 0 Å². The Kier molecular flexibility index (Phi) is 1.65. The van der Waals surface area contributed by atoms with E-state index in [1.807, 2.05) is 25.4 Å². The largest absolute Gasteiger partial charge is 0.417 e. The third-order valence-electron chi connectivity index (χ3n) is 4.04. The van der Waals surface area contributed by atoms with Crippen LogP contribution in [0.4, 0.5) is 0 Å². The Balaban J connectivity index is 1.99. The molecule has 0 N–H and O–H groups in total. The van der Waals surface area contributed by atoms with E-state index in [4.69, 9.17) is 4.42 Å². The van der Waals surface area contributed by atoms with Crippen molar-refractivity contribution in [1.29, 1.82) is 0 Å². The maximum Gasteiger partial charge on any atom is 0.339 e. The summed E-state index contributed by atoms with van der Waals surface area (Å²) >= 11 is 0. The van der Waals surface area contributed by atoms with Crippen molar-refractivity contribution < 1.29 is 8.98 Å². The standard InChI is InChI=1S/C15H11N4O/c1-18-14-9-3-2-5-17-11(9)8-19(14)13-10-4-6-16-7-12(10)20-15(13)18/h2-7H,8H2,1H3/q+1. The summed E-state index contributed by atoms with van der Waals surface area (Å²) in [7, 11) is 2.03. The fourth-order valence-corrected chi connectivity index (χ4v) is 3.19. The van der Waals surface area contributed by atoms with Gasteiger partial charge in [0, 0.05) is 12.4 Å². The Morgan fingerprint density at radius 2 is 2.25 bits per heavy atom. The zero-order chi connectivity index (χ0) is 13.3. The first-order valence-corrected chi connectivity index (χ1v) is 6.53. The molecule has 5 nitrogen and oxygen atoms in total. The van der Waals surface area contributed by atoms with E-state index in [1.165, 1.54) is 5.56 Å². The Labute approximate surface area is 114 Å². The van der Waals surface area contributed by atoms with Crippen LogP contribution in [0.5, 0.6) is 0 Å². The van der Waals surface area contributed by atoms with Crippen molar-refractivity contribution >= 4 is 22.2 Å². The Morgan fingerprint density at radius 1 is 1.30 bits per heavy atom. The van der Waals surface area contributed by atoms with Crippen molar-refractivity contribution in [3.05, 3.63) is 42.5 Å². The minimum atomic E-state index is 0.791. The number of hydrogen-bond donors (Lipinski definition) is 0. The van der Waals surface area contributed by atoms with E-state index in [0.29, 0.717) is 0 Å². The van der Waals surface area contributed by atoms with Crippen molar-refractivity contribution in [3.8, 4) is 11.4 Å². The highest BCUT2D eigenvalue weighted by atomic mass is 16.3. The third kappa shape index (κ3) is 1.02. The molecule has 0 atom stereocenters. The van der Waals surface area contributed by atoms with Crippen LogP contribution in [0.25, 0.3) is 33.6 Å². The van der Waals surface area contributed by atoms with Crippen LogP contribution >= 0.6 is 0 Å². The van der Waals surface area contributed by atoms with E-state index in [0.717, 1.165) is 40.3 Å². The predicted molar refractivity (Wildman–Crippen MR) is 73.0 cm³/mol. The number of pyridine rings is 2. The topological polar surface area (TPSA) is 47.7 Å². The van der Waals surface area contributed by atoms with Gasteiger partial charge in [-0.2, -0.15) is 4.57 Å². The van der Waals surface area contributed by atoms with Crippen LogP contribution in [-0.4, -0.2) is 14.5 Å². The molecule has 0 fully saturated rings. The molecule has 1 aliphatic rings. The van der Waals surface area contributed by atoms with Gasteiger partial charge in [0.15, 0.2) is 5.58 Å². The van der Waals surface area contributed by atoms with Gasteiger partial charge in [0.05, 0.1) is 29.9 Å². The lowest BCUT2D eigenvalue weighted by atomic mass is 10.2. The predicted octanol–water partition coefficient (Wildman–Crippen LogP) is 2.03. The number of furan rings is 1. The number of rotatable bonds is 0. The fourth-order valence-electron chi connectivity index (χ4n) is 3.19. The Hall–Kier alpha value is -2.69. The highest BCUT2D eigenvalue weighted by Crippen LogP contribution is 2.36. The second kappa shape index (κ2) is 3.25. The third-order valence-corrected chi connectivity index (χ3v) is 4.04. The quantitative estimate of drug-likeness (QED) is 0.402. The van der Waals surface area contributed by atoms with Gasteiger partial charge in [-0.25, -0.2) is 4.57 Å². The molecular weight excluding hydrogens is 252 g/mol. The Bertz CT molecular complexity index is 996. The average Bonchev–Trinajstić information content (AvgIpc) is 3.10. The first-order chi connectivity index (χ1) is 9.84. The molecule has 0 aliphatic carbocycles. The minimum absolute atomic E-state index is 0.791. The molecule has 0 amide bonds. The zero-order valence-corrected chi connectivity index (χ0v) is 10.9. The molecule has 4 aromatic heterocycles. The summed E-state index contributed by atoms with van der Waals surface area (Å²) in [5, 5.41) is 1.10. The minimum Gasteiger partial charge on any atom is -0.417 e. The number of aromatic nitrogens is 4. The van der Waals surface area contributed by atoms with Crippen molar-refractivity contribution in [3.63, 3.8) is 0 Å². The van der Waals surface area contributed by atoms with E-state index in [9.17, 15) is 0 Å². The number of imidazole rings is 1. The molecule has 4 aromatic rings. The first-order valence-electron chi connectivity index (χ1n) is 6.53. The van der Waals surface area contributed by atoms with Gasteiger partial charge in [0.25, 0.3) is 5.82 Å². The molecule has 0 unspecified atom stereocenters. The first kappa shape index (κ1) is 10.1. The highest BCUT2D eigenvalue weighted by molar-refractivity contribution is 6.01. The van der Waals surface area contributed by atoms with E-state index in [2.05, 4.69) is 25.2 Å². The van der Waals surface area contributed by atoms with Gasteiger partial charge in [0.2, 0.25) is 5.52 Å². The average molecular weight is 263 g/mol. The second-order valence-corrected chi connectivity index (χ2v) is 5.09. The summed E-state index contributed by atoms with van der Waals surface area (Å²) in [5.74, 6) is 1.15. The normalized spacial score (nSPS) is 13.1. The number of fused-ring (bicyclic) bond motifs is 7. The van der Waals surface area contributed by atoms with E-state index >= 15 is 0 Å². The molecule has 5 heterocycles. The summed E-state index contributed by atoms with van der Waals surface area (Å²) in [4.78, 5) is 8.61. The maximum absolute atomic E-state index is 5.95. The summed E-state index contributed by atoms with van der Waals surface area (Å²) < 4.78 is 10.3. The van der Waals surface area contributed by atoms with Crippen molar-refractivity contribution in [2.75, 3.05) is 0 Å². The summed E-state index contributed by atoms with van der Waals surface area (Å²) in [6.45, 7) is 0.791. The van der Waals surface area contributed by atoms with Crippen molar-refractivity contribution in [2.45, 2.75) is 6.54 Å². The van der Waals surface area contributed by atoms with Crippen LogP contribution < -0.4 is 4.57 Å². The number of nitrogens with zero attached hydrogens (tertiary/aromatic N) is 4. The molecule has 0 aromatic carbocycles. The zero-order valence-electron chi connectivity index (χ0n) is 10.9. The smallest absolute Gasteiger partial charge is 0.339 e. The molecule has 0 bridgehead atoms. The maximum atomic E-state index is 5.95. The summed E-state index contributed by atoms with van der Waals surface area (Å²) in [5.41, 5.74) is 5.13. The van der Waals surface area contributed by atoms with Gasteiger partial charge in [-0.15, -0.1) is 0 Å². The molecule has 96 valence electrons. The van der Waals surface area contributed by atoms with Crippen LogP contribution in [0.2, 0.25) is 0 Å². The molecule has 0 spiro atoms. The lowest BCUT2D eigenvalue weighted by molar-refractivity contribution is -0.640. The SMILES string of the molecule is C[n+]1c2n(c3c4ccncc4oc31)Cc1ncccc1-2. The van der Waals surface area contributed by atoms with Crippen LogP contribution in [0.1, 0.15) is 5.69 Å². The molecule has 5 rings (SSSR count).